The van der Waals surface area contributed by atoms with Crippen molar-refractivity contribution in [2.75, 3.05) is 36.0 Å². The Morgan fingerprint density at radius 1 is 1.25 bits per heavy atom. The summed E-state index contributed by atoms with van der Waals surface area (Å²) in [6, 6.07) is 1.21. The number of carbonyl (C=O) groups is 1. The number of hydrogen-bond donors (Lipinski definition) is 3. The number of benzene rings is 1. The third-order valence-corrected chi connectivity index (χ3v) is 7.55. The van der Waals surface area contributed by atoms with Crippen LogP contribution >= 0.6 is 29.1 Å². The number of carboxylic acid groups (broad SMARTS) is 1. The fraction of sp³-hybridized carbons (Fsp3) is 0.545. The molecular weight excluding hydrogens is 647 g/mol. The van der Waals surface area contributed by atoms with E-state index < -0.39 is 46.6 Å². The van der Waals surface area contributed by atoms with Crippen molar-refractivity contribution < 1.29 is 36.6 Å². The number of phenolic OH excluding ortho intramolecular Hbond substituents is 1. The number of anilines is 1. The van der Waals surface area contributed by atoms with Crippen molar-refractivity contribution in [3.63, 3.8) is 0 Å². The van der Waals surface area contributed by atoms with Crippen LogP contribution in [0.5, 0.6) is 5.75 Å². The Labute approximate surface area is 228 Å². The van der Waals surface area contributed by atoms with Crippen LogP contribution in [-0.2, 0) is 23.8 Å². The van der Waals surface area contributed by atoms with Gasteiger partial charge in [0.15, 0.2) is 11.6 Å². The zero-order valence-corrected chi connectivity index (χ0v) is 24.2. The van der Waals surface area contributed by atoms with E-state index in [-0.39, 0.29) is 34.4 Å². The fourth-order valence-electron chi connectivity index (χ4n) is 4.32. The zero-order valence-electron chi connectivity index (χ0n) is 19.4. The molecule has 3 heterocycles. The van der Waals surface area contributed by atoms with Gasteiger partial charge in [-0.1, -0.05) is 0 Å². The van der Waals surface area contributed by atoms with Gasteiger partial charge in [-0.15, -0.1) is 0 Å². The summed E-state index contributed by atoms with van der Waals surface area (Å²) in [6.45, 7) is 3.69. The molecule has 204 valence electrons. The number of halogens is 4. The van der Waals surface area contributed by atoms with Gasteiger partial charge in [0.25, 0.3) is 0 Å². The maximum atomic E-state index is 14.8. The van der Waals surface area contributed by atoms with Gasteiger partial charge < -0.3 is 25.0 Å². The van der Waals surface area contributed by atoms with Gasteiger partial charge in [0, 0.05) is 60.2 Å². The van der Waals surface area contributed by atoms with Gasteiger partial charge in [0.2, 0.25) is 5.43 Å². The molecular formula is C22H28Cl3FN3O5RhS. The summed E-state index contributed by atoms with van der Waals surface area (Å²) in [4.78, 5) is 25.7. The number of carboxylic acids is 1. The number of pyridine rings is 1. The molecule has 14 heteroatoms. The third kappa shape index (κ3) is 7.54. The summed E-state index contributed by atoms with van der Waals surface area (Å²) in [5.41, 5.74) is -0.904. The summed E-state index contributed by atoms with van der Waals surface area (Å²) < 4.78 is 26.8. The average molecular weight is 675 g/mol. The van der Waals surface area contributed by atoms with Crippen molar-refractivity contribution in [3.8, 4) is 5.75 Å². The zero-order chi connectivity index (χ0) is 26.6. The van der Waals surface area contributed by atoms with Crippen molar-refractivity contribution in [2.45, 2.75) is 44.7 Å². The number of nitrogens with one attached hydrogen (secondary N) is 1. The van der Waals surface area contributed by atoms with Crippen LogP contribution in [0.3, 0.4) is 0 Å². The molecule has 2 aliphatic heterocycles. The molecule has 1 aliphatic carbocycles. The standard InChI is InChI=1S/C18H20FN3O4.C4H8OS.3ClH.Rh/c1-9-7-21(5-4-20-9)15-13(19)6-11-14(17(15)24)22(10-2-3-10)8-12(16(11)23)18(25)26;5-6-3-1-2-4-6;;;;/h6,8-10,20,24H,2-5,7H2,1H3,(H,25,26);1-4H2;3*1H;/q;;;;;+3/p-3. The number of fused-ring (bicyclic) bond motifs is 1. The Kier molecular flexibility index (Phi) is 10.9. The fourth-order valence-corrected chi connectivity index (χ4v) is 5.57. The van der Waals surface area contributed by atoms with Gasteiger partial charge in [0.1, 0.15) is 11.3 Å². The van der Waals surface area contributed by atoms with Crippen LogP contribution in [0.1, 0.15) is 49.0 Å². The number of phenols is 1. The molecule has 0 radical (unpaired) electrons. The Morgan fingerprint density at radius 3 is 2.33 bits per heavy atom. The van der Waals surface area contributed by atoms with Gasteiger partial charge in [0.05, 0.1) is 10.9 Å². The monoisotopic (exact) mass is 673 g/mol. The van der Waals surface area contributed by atoms with E-state index in [0.717, 1.165) is 30.4 Å². The molecule has 1 unspecified atom stereocenters. The Balaban J connectivity index is 0.000000303. The summed E-state index contributed by atoms with van der Waals surface area (Å²) >= 11 is -1.66. The third-order valence-electron chi connectivity index (χ3n) is 6.07. The SMILES string of the molecule is CC1CN(c2c(F)cc3c(=O)c(C(=O)O)cn(C4CC4)c3c2O)CCN1.O=S1CCCC1.[Cl][Rh]([Cl])[Cl]. The molecule has 1 saturated carbocycles. The van der Waals surface area contributed by atoms with Crippen LogP contribution < -0.4 is 15.6 Å². The molecule has 1 aromatic carbocycles. The van der Waals surface area contributed by atoms with Crippen molar-refractivity contribution in [2.24, 2.45) is 0 Å². The van der Waals surface area contributed by atoms with Gasteiger partial charge in [-0.3, -0.25) is 9.00 Å². The summed E-state index contributed by atoms with van der Waals surface area (Å²) in [7, 11) is 14.4. The molecule has 1 aromatic heterocycles. The van der Waals surface area contributed by atoms with E-state index in [9.17, 15) is 28.4 Å². The normalized spacial score (nSPS) is 20.3. The van der Waals surface area contributed by atoms with Gasteiger partial charge in [-0.2, -0.15) is 0 Å². The molecule has 5 rings (SSSR count). The summed E-state index contributed by atoms with van der Waals surface area (Å²) in [6.07, 6.45) is 5.30. The Hall–Kier alpha value is -0.967. The number of aromatic carboxylic acids is 1. The Bertz CT molecular complexity index is 1190. The van der Waals surface area contributed by atoms with Crippen LogP contribution in [0.15, 0.2) is 17.1 Å². The molecule has 8 nitrogen and oxygen atoms in total. The van der Waals surface area contributed by atoms with E-state index in [1.165, 1.54) is 19.0 Å². The molecule has 3 N–H and O–H groups in total. The average Bonchev–Trinajstić information content (AvgIpc) is 3.52. The second-order valence-corrected chi connectivity index (χ2v) is 17.9. The summed E-state index contributed by atoms with van der Waals surface area (Å²) in [5, 5.41) is 23.3. The molecule has 2 aromatic rings. The van der Waals surface area contributed by atoms with Crippen molar-refractivity contribution in [3.05, 3.63) is 33.9 Å². The second-order valence-electron chi connectivity index (χ2n) is 8.77. The number of hydrogen-bond acceptors (Lipinski definition) is 6. The maximum absolute atomic E-state index is 14.8. The molecule has 2 saturated heterocycles. The van der Waals surface area contributed by atoms with Crippen LogP contribution in [0.25, 0.3) is 10.9 Å². The first-order valence-electron chi connectivity index (χ1n) is 11.3. The molecule has 0 spiro atoms. The molecule has 1 atom stereocenters. The topological polar surface area (TPSA) is 112 Å². The van der Waals surface area contributed by atoms with Crippen molar-refractivity contribution >= 4 is 62.4 Å². The number of aromatic hydroxyl groups is 1. The van der Waals surface area contributed by atoms with Crippen LogP contribution in [0.4, 0.5) is 10.1 Å². The Morgan fingerprint density at radius 2 is 1.86 bits per heavy atom. The van der Waals surface area contributed by atoms with Gasteiger partial charge in [-0.25, -0.2) is 9.18 Å². The molecule has 0 bridgehead atoms. The van der Waals surface area contributed by atoms with Gasteiger partial charge in [-0.05, 0) is 38.7 Å². The number of nitrogens with zero attached hydrogens (tertiary/aromatic N) is 2. The first-order valence-corrected chi connectivity index (χ1v) is 19.1. The number of piperazine rings is 1. The molecule has 3 aliphatic rings. The predicted molar refractivity (Wildman–Crippen MR) is 139 cm³/mol. The van der Waals surface area contributed by atoms with E-state index in [2.05, 4.69) is 5.32 Å². The molecule has 0 amide bonds. The van der Waals surface area contributed by atoms with Gasteiger partial charge >= 0.3 is 48.0 Å². The molecule has 3 fully saturated rings. The first-order chi connectivity index (χ1) is 17.0. The van der Waals surface area contributed by atoms with E-state index in [1.807, 2.05) is 6.92 Å². The quantitative estimate of drug-likeness (QED) is 0.417. The van der Waals surface area contributed by atoms with E-state index >= 15 is 0 Å². The van der Waals surface area contributed by atoms with E-state index in [0.29, 0.717) is 19.6 Å². The van der Waals surface area contributed by atoms with Crippen molar-refractivity contribution in [1.29, 1.82) is 0 Å². The van der Waals surface area contributed by atoms with E-state index in [4.69, 9.17) is 29.1 Å². The first kappa shape index (κ1) is 29.6. The van der Waals surface area contributed by atoms with Crippen LogP contribution in [-0.4, -0.2) is 62.1 Å². The number of aromatic nitrogens is 1. The predicted octanol–water partition coefficient (Wildman–Crippen LogP) is 4.27. The summed E-state index contributed by atoms with van der Waals surface area (Å²) in [5.74, 6) is -0.452. The van der Waals surface area contributed by atoms with Crippen LogP contribution in [0.2, 0.25) is 0 Å². The molecule has 36 heavy (non-hydrogen) atoms. The second kappa shape index (κ2) is 13.2. The van der Waals surface area contributed by atoms with Crippen molar-refractivity contribution in [1.82, 2.24) is 9.88 Å². The van der Waals surface area contributed by atoms with E-state index in [1.54, 1.807) is 9.47 Å². The number of rotatable bonds is 3. The minimum absolute atomic E-state index is 0.0161. The minimum atomic E-state index is -1.66. The van der Waals surface area contributed by atoms with Crippen LogP contribution in [0, 0.1) is 5.82 Å².